The lowest BCUT2D eigenvalue weighted by Gasteiger charge is -2.07. The summed E-state index contributed by atoms with van der Waals surface area (Å²) in [7, 11) is -4.54. The van der Waals surface area contributed by atoms with Crippen LogP contribution in [-0.2, 0) is 29.8 Å². The Labute approximate surface area is 174 Å². The van der Waals surface area contributed by atoms with Crippen LogP contribution in [0.15, 0.2) is 45.5 Å². The van der Waals surface area contributed by atoms with Crippen LogP contribution < -0.4 is 0 Å². The normalized spacial score (nSPS) is 12.7. The summed E-state index contributed by atoms with van der Waals surface area (Å²) in [6, 6.07) is 8.97. The lowest BCUT2D eigenvalue weighted by atomic mass is 10.1. The molecule has 0 aromatic heterocycles. The molecule has 0 heterocycles. The second-order valence-electron chi connectivity index (χ2n) is 6.18. The minimum Gasteiger partial charge on any atom is -0.284 e. The summed E-state index contributed by atoms with van der Waals surface area (Å²) >= 11 is -1.81. The van der Waals surface area contributed by atoms with E-state index in [1.54, 1.807) is 18.2 Å². The van der Waals surface area contributed by atoms with E-state index in [9.17, 15) is 12.6 Å². The van der Waals surface area contributed by atoms with Gasteiger partial charge in [0.25, 0.3) is 0 Å². The number of benzene rings is 2. The lowest BCUT2D eigenvalue weighted by Crippen LogP contribution is -2.11. The molecular formula is C19H26N2O6S2. The zero-order valence-electron chi connectivity index (χ0n) is 16.0. The third-order valence-electron chi connectivity index (χ3n) is 3.94. The van der Waals surface area contributed by atoms with Gasteiger partial charge in [-0.25, -0.2) is 8.39 Å². The minimum atomic E-state index is -4.54. The van der Waals surface area contributed by atoms with Crippen LogP contribution in [0.25, 0.3) is 0 Å². The van der Waals surface area contributed by atoms with E-state index in [2.05, 4.69) is 20.5 Å². The summed E-state index contributed by atoms with van der Waals surface area (Å²) in [6.07, 6.45) is 0. The first-order valence-electron chi connectivity index (χ1n) is 8.34. The fourth-order valence-electron chi connectivity index (χ4n) is 2.32. The molecular weight excluding hydrogens is 416 g/mol. The zero-order chi connectivity index (χ0) is 20.9. The summed E-state index contributed by atoms with van der Waals surface area (Å²) in [5, 5.41) is 8.60. The van der Waals surface area contributed by atoms with Gasteiger partial charge in [-0.3, -0.25) is 8.74 Å². The van der Waals surface area contributed by atoms with Gasteiger partial charge in [0, 0.05) is 0 Å². The number of rotatable bonds is 8. The van der Waals surface area contributed by atoms with Crippen LogP contribution in [0.2, 0.25) is 0 Å². The maximum absolute atomic E-state index is 12.1. The first-order valence-corrected chi connectivity index (χ1v) is 10.8. The highest BCUT2D eigenvalue weighted by atomic mass is 32.3. The molecule has 0 fully saturated rings. The van der Waals surface area contributed by atoms with E-state index in [1.165, 1.54) is 5.56 Å². The van der Waals surface area contributed by atoms with Crippen LogP contribution >= 0.6 is 0 Å². The van der Waals surface area contributed by atoms with Crippen LogP contribution in [0.5, 0.6) is 0 Å². The Morgan fingerprint density at radius 3 is 2.10 bits per heavy atom. The standard InChI is InChI=1S/C18H22N2O6S2.CH4/c1-12-9-14(3)18(11-13(12)2)20-19-17-6-5-16(10-15(17)4)27(21)25-7-8-26-28(22,23)24;/h5-6,9-11H,7-8H2,1-4H3,(H,22,23,24);1H4. The highest BCUT2D eigenvalue weighted by Gasteiger charge is 2.09. The average Bonchev–Trinajstić information content (AvgIpc) is 2.60. The van der Waals surface area contributed by atoms with Crippen molar-refractivity contribution in [2.75, 3.05) is 13.2 Å². The largest absolute Gasteiger partial charge is 0.397 e. The molecule has 2 rings (SSSR count). The molecule has 10 heteroatoms. The SMILES string of the molecule is C.Cc1cc(C)c(N=Nc2ccc(S(=O)OCCOS(=O)(=O)O)cc2C)cc1C. The Morgan fingerprint density at radius 1 is 0.897 bits per heavy atom. The van der Waals surface area contributed by atoms with Crippen molar-refractivity contribution < 1.29 is 25.5 Å². The molecule has 1 unspecified atom stereocenters. The van der Waals surface area contributed by atoms with Crippen LogP contribution in [0.4, 0.5) is 11.4 Å². The van der Waals surface area contributed by atoms with Crippen molar-refractivity contribution in [2.24, 2.45) is 10.2 Å². The van der Waals surface area contributed by atoms with Gasteiger partial charge in [0.15, 0.2) is 11.1 Å². The molecule has 0 amide bonds. The molecule has 160 valence electrons. The van der Waals surface area contributed by atoms with Crippen molar-refractivity contribution in [1.29, 1.82) is 0 Å². The van der Waals surface area contributed by atoms with Crippen LogP contribution in [0, 0.1) is 27.7 Å². The van der Waals surface area contributed by atoms with E-state index in [0.29, 0.717) is 10.6 Å². The molecule has 0 radical (unpaired) electrons. The van der Waals surface area contributed by atoms with Crippen LogP contribution in [0.1, 0.15) is 29.7 Å². The van der Waals surface area contributed by atoms with Gasteiger partial charge in [-0.15, -0.1) is 0 Å². The molecule has 0 spiro atoms. The second-order valence-corrected chi connectivity index (χ2v) is 8.45. The van der Waals surface area contributed by atoms with E-state index in [0.717, 1.165) is 22.4 Å². The van der Waals surface area contributed by atoms with E-state index in [4.69, 9.17) is 8.74 Å². The van der Waals surface area contributed by atoms with Crippen molar-refractivity contribution in [2.45, 2.75) is 40.0 Å². The molecule has 0 aliphatic carbocycles. The van der Waals surface area contributed by atoms with Gasteiger partial charge in [-0.05, 0) is 74.2 Å². The number of hydrogen-bond acceptors (Lipinski definition) is 7. The predicted octanol–water partition coefficient (Wildman–Crippen LogP) is 4.83. The lowest BCUT2D eigenvalue weighted by molar-refractivity contribution is 0.212. The topological polar surface area (TPSA) is 115 Å². The third-order valence-corrected chi connectivity index (χ3v) is 5.43. The Kier molecular flexibility index (Phi) is 9.24. The maximum Gasteiger partial charge on any atom is 0.397 e. The van der Waals surface area contributed by atoms with E-state index < -0.39 is 28.1 Å². The first kappa shape index (κ1) is 25.1. The molecule has 1 N–H and O–H groups in total. The van der Waals surface area contributed by atoms with Gasteiger partial charge in [0.05, 0.1) is 29.5 Å². The Hall–Kier alpha value is -1.98. The summed E-state index contributed by atoms with van der Waals surface area (Å²) < 4.78 is 50.5. The second kappa shape index (κ2) is 10.7. The fraction of sp³-hybridized carbons (Fsp3) is 0.368. The van der Waals surface area contributed by atoms with Gasteiger partial charge in [0.1, 0.15) is 0 Å². The smallest absolute Gasteiger partial charge is 0.284 e. The molecule has 0 saturated carbocycles. The van der Waals surface area contributed by atoms with Crippen LogP contribution in [-0.4, -0.2) is 30.4 Å². The summed E-state index contributed by atoms with van der Waals surface area (Å²) in [5.74, 6) is 0. The molecule has 0 saturated heterocycles. The molecule has 1 atom stereocenters. The Morgan fingerprint density at radius 2 is 1.48 bits per heavy atom. The van der Waals surface area contributed by atoms with Gasteiger partial charge < -0.3 is 0 Å². The zero-order valence-corrected chi connectivity index (χ0v) is 17.6. The van der Waals surface area contributed by atoms with Crippen molar-refractivity contribution in [3.05, 3.63) is 52.6 Å². The third kappa shape index (κ3) is 7.75. The molecule has 0 aliphatic rings. The first-order chi connectivity index (χ1) is 13.1. The van der Waals surface area contributed by atoms with Gasteiger partial charge in [-0.2, -0.15) is 18.6 Å². The quantitative estimate of drug-likeness (QED) is 0.356. The summed E-state index contributed by atoms with van der Waals surface area (Å²) in [4.78, 5) is 0.394. The monoisotopic (exact) mass is 442 g/mol. The molecule has 0 aliphatic heterocycles. The molecule has 2 aromatic carbocycles. The Bertz CT molecular complexity index is 1020. The molecule has 2 aromatic rings. The molecule has 0 bridgehead atoms. The van der Waals surface area contributed by atoms with Crippen molar-refractivity contribution in [3.8, 4) is 0 Å². The molecule has 29 heavy (non-hydrogen) atoms. The predicted molar refractivity (Wildman–Crippen MR) is 113 cm³/mol. The van der Waals surface area contributed by atoms with E-state index in [-0.39, 0.29) is 14.0 Å². The van der Waals surface area contributed by atoms with Crippen molar-refractivity contribution >= 4 is 32.9 Å². The van der Waals surface area contributed by atoms with Gasteiger partial charge in [-0.1, -0.05) is 13.5 Å². The highest BCUT2D eigenvalue weighted by Crippen LogP contribution is 2.27. The summed E-state index contributed by atoms with van der Waals surface area (Å²) in [6.45, 7) is 7.14. The molecule has 8 nitrogen and oxygen atoms in total. The summed E-state index contributed by atoms with van der Waals surface area (Å²) in [5.41, 5.74) is 5.54. The number of azo groups is 1. The minimum absolute atomic E-state index is 0. The number of hydrogen-bond donors (Lipinski definition) is 1. The number of nitrogens with zero attached hydrogens (tertiary/aromatic N) is 2. The average molecular weight is 443 g/mol. The van der Waals surface area contributed by atoms with Crippen LogP contribution in [0.3, 0.4) is 0 Å². The van der Waals surface area contributed by atoms with Crippen molar-refractivity contribution in [3.63, 3.8) is 0 Å². The van der Waals surface area contributed by atoms with Crippen molar-refractivity contribution in [1.82, 2.24) is 0 Å². The van der Waals surface area contributed by atoms with Gasteiger partial charge in [0.2, 0.25) is 0 Å². The Balaban J connectivity index is 0.00000420. The highest BCUT2D eigenvalue weighted by molar-refractivity contribution is 7.81. The van der Waals surface area contributed by atoms with Gasteiger partial charge >= 0.3 is 10.4 Å². The van der Waals surface area contributed by atoms with E-state index in [1.807, 2.05) is 33.8 Å². The van der Waals surface area contributed by atoms with E-state index >= 15 is 0 Å². The maximum atomic E-state index is 12.1. The number of aryl methyl sites for hydroxylation is 4. The fourth-order valence-corrected chi connectivity index (χ4v) is 3.41.